The van der Waals surface area contributed by atoms with E-state index < -0.39 is 16.9 Å². The van der Waals surface area contributed by atoms with Gasteiger partial charge in [-0.15, -0.1) is 0 Å². The molecule has 18 heavy (non-hydrogen) atoms. The topological polar surface area (TPSA) is 50.4 Å². The van der Waals surface area contributed by atoms with Crippen molar-refractivity contribution in [3.05, 3.63) is 29.3 Å². The highest BCUT2D eigenvalue weighted by Gasteiger charge is 2.17. The van der Waals surface area contributed by atoms with Crippen molar-refractivity contribution in [1.29, 1.82) is 0 Å². The number of fused-ring (bicyclic) bond motifs is 1. The van der Waals surface area contributed by atoms with Crippen LogP contribution in [0.2, 0.25) is 0 Å². The molecular weight excluding hydrogens is 255 g/mol. The van der Waals surface area contributed by atoms with Gasteiger partial charge < -0.3 is 8.97 Å². The molecule has 0 saturated heterocycles. The molecule has 98 valence electrons. The molecule has 0 aliphatic heterocycles. The summed E-state index contributed by atoms with van der Waals surface area (Å²) in [5.41, 5.74) is 1.11. The number of hydrogen-bond donors (Lipinski definition) is 1. The molecule has 1 unspecified atom stereocenters. The van der Waals surface area contributed by atoms with E-state index in [1.165, 1.54) is 6.07 Å². The van der Waals surface area contributed by atoms with Crippen LogP contribution < -0.4 is 0 Å². The highest BCUT2D eigenvalue weighted by Crippen LogP contribution is 2.31. The quantitative estimate of drug-likeness (QED) is 0.862. The van der Waals surface area contributed by atoms with Crippen LogP contribution in [-0.4, -0.2) is 8.76 Å². The van der Waals surface area contributed by atoms with Crippen molar-refractivity contribution >= 4 is 22.0 Å². The first-order valence-electron chi connectivity index (χ1n) is 5.93. The highest BCUT2D eigenvalue weighted by atomic mass is 32.2. The molecule has 0 saturated carbocycles. The Morgan fingerprint density at radius 1 is 1.39 bits per heavy atom. The van der Waals surface area contributed by atoms with Gasteiger partial charge in [-0.2, -0.15) is 0 Å². The molecule has 0 spiro atoms. The Morgan fingerprint density at radius 3 is 2.67 bits per heavy atom. The molecule has 0 radical (unpaired) electrons. The van der Waals surface area contributed by atoms with Crippen molar-refractivity contribution in [3.8, 4) is 0 Å². The summed E-state index contributed by atoms with van der Waals surface area (Å²) >= 11 is -2.18. The Morgan fingerprint density at radius 2 is 2.11 bits per heavy atom. The minimum Gasteiger partial charge on any atom is -0.458 e. The number of benzene rings is 1. The van der Waals surface area contributed by atoms with Crippen LogP contribution in [-0.2, 0) is 23.9 Å². The molecule has 0 fully saturated rings. The van der Waals surface area contributed by atoms with E-state index >= 15 is 0 Å². The maximum Gasteiger partial charge on any atom is 0.186 e. The number of aryl methyl sites for hydroxylation is 2. The van der Waals surface area contributed by atoms with Crippen molar-refractivity contribution in [2.24, 2.45) is 0 Å². The van der Waals surface area contributed by atoms with E-state index in [-0.39, 0.29) is 10.5 Å². The van der Waals surface area contributed by atoms with Crippen LogP contribution in [0.5, 0.6) is 0 Å². The monoisotopic (exact) mass is 270 g/mol. The van der Waals surface area contributed by atoms with Gasteiger partial charge >= 0.3 is 0 Å². The molecule has 0 aliphatic rings. The van der Waals surface area contributed by atoms with Crippen LogP contribution in [0, 0.1) is 5.82 Å². The maximum atomic E-state index is 13.8. The van der Waals surface area contributed by atoms with Crippen LogP contribution in [0.25, 0.3) is 11.0 Å². The molecular formula is C13H15FO3S. The Balaban J connectivity index is 2.72. The number of hydrogen-bond acceptors (Lipinski definition) is 2. The van der Waals surface area contributed by atoms with E-state index in [2.05, 4.69) is 0 Å². The molecule has 1 N–H and O–H groups in total. The molecule has 5 heteroatoms. The molecule has 0 bridgehead atoms. The molecule has 2 aromatic rings. The predicted molar refractivity (Wildman–Crippen MR) is 68.6 cm³/mol. The molecule has 3 nitrogen and oxygen atoms in total. The van der Waals surface area contributed by atoms with E-state index in [9.17, 15) is 8.60 Å². The van der Waals surface area contributed by atoms with E-state index in [0.717, 1.165) is 30.2 Å². The van der Waals surface area contributed by atoms with Gasteiger partial charge in [0.05, 0.1) is 4.90 Å². The summed E-state index contributed by atoms with van der Waals surface area (Å²) in [4.78, 5) is 0.0681. The van der Waals surface area contributed by atoms with Gasteiger partial charge in [-0.3, -0.25) is 0 Å². The fourth-order valence-electron chi connectivity index (χ4n) is 2.15. The molecule has 1 atom stereocenters. The molecule has 0 aliphatic carbocycles. The molecule has 1 aromatic heterocycles. The van der Waals surface area contributed by atoms with Gasteiger partial charge in [-0.25, -0.2) is 8.60 Å². The third-order valence-corrected chi connectivity index (χ3v) is 3.58. The van der Waals surface area contributed by atoms with Gasteiger partial charge in [0.15, 0.2) is 22.5 Å². The Bertz CT molecular complexity index is 604. The summed E-state index contributed by atoms with van der Waals surface area (Å²) in [5.74, 6) is 0.191. The summed E-state index contributed by atoms with van der Waals surface area (Å²) < 4.78 is 39.5. The average molecular weight is 270 g/mol. The van der Waals surface area contributed by atoms with Crippen molar-refractivity contribution < 1.29 is 17.6 Å². The first kappa shape index (κ1) is 13.2. The first-order chi connectivity index (χ1) is 8.58. The van der Waals surface area contributed by atoms with E-state index in [1.54, 1.807) is 0 Å². The lowest BCUT2D eigenvalue weighted by Crippen LogP contribution is -1.91. The highest BCUT2D eigenvalue weighted by molar-refractivity contribution is 7.79. The summed E-state index contributed by atoms with van der Waals surface area (Å²) in [6.45, 7) is 3.99. The SMILES string of the molecule is CCCc1oc2c(F)cc(S(=O)O)cc2c1CC. The minimum atomic E-state index is -2.18. The van der Waals surface area contributed by atoms with Crippen LogP contribution >= 0.6 is 0 Å². The largest absolute Gasteiger partial charge is 0.458 e. The van der Waals surface area contributed by atoms with Crippen molar-refractivity contribution in [1.82, 2.24) is 0 Å². The van der Waals surface area contributed by atoms with Crippen molar-refractivity contribution in [2.45, 2.75) is 38.0 Å². The van der Waals surface area contributed by atoms with E-state index in [1.807, 2.05) is 13.8 Å². The lowest BCUT2D eigenvalue weighted by Gasteiger charge is -1.99. The fraction of sp³-hybridized carbons (Fsp3) is 0.385. The van der Waals surface area contributed by atoms with E-state index in [4.69, 9.17) is 8.97 Å². The summed E-state index contributed by atoms with van der Waals surface area (Å²) in [7, 11) is 0. The van der Waals surface area contributed by atoms with Gasteiger partial charge in [0.1, 0.15) is 5.76 Å². The summed E-state index contributed by atoms with van der Waals surface area (Å²) in [5, 5.41) is 0.610. The second-order valence-corrected chi connectivity index (χ2v) is 5.11. The van der Waals surface area contributed by atoms with Crippen LogP contribution in [0.3, 0.4) is 0 Å². The summed E-state index contributed by atoms with van der Waals surface area (Å²) in [6.07, 6.45) is 2.37. The van der Waals surface area contributed by atoms with Gasteiger partial charge in [0.2, 0.25) is 0 Å². The molecule has 1 aromatic carbocycles. The Hall–Kier alpha value is -1.20. The minimum absolute atomic E-state index is 0.0681. The maximum absolute atomic E-state index is 13.8. The Kier molecular flexibility index (Phi) is 3.82. The van der Waals surface area contributed by atoms with Crippen molar-refractivity contribution in [2.75, 3.05) is 0 Å². The van der Waals surface area contributed by atoms with Gasteiger partial charge in [0.25, 0.3) is 0 Å². The second-order valence-electron chi connectivity index (χ2n) is 4.14. The smallest absolute Gasteiger partial charge is 0.186 e. The standard InChI is InChI=1S/C13H15FO3S/c1-3-5-12-9(4-2)10-6-8(18(15)16)7-11(14)13(10)17-12/h6-7H,3-5H2,1-2H3,(H,15,16). The first-order valence-corrected chi connectivity index (χ1v) is 7.03. The van der Waals surface area contributed by atoms with Crippen LogP contribution in [0.4, 0.5) is 4.39 Å². The van der Waals surface area contributed by atoms with Gasteiger partial charge in [-0.05, 0) is 25.0 Å². The van der Waals surface area contributed by atoms with Crippen molar-refractivity contribution in [3.63, 3.8) is 0 Å². The third kappa shape index (κ3) is 2.20. The number of rotatable bonds is 4. The zero-order chi connectivity index (χ0) is 13.3. The Labute approximate surface area is 107 Å². The lowest BCUT2D eigenvalue weighted by molar-refractivity contribution is 0.511. The second kappa shape index (κ2) is 5.20. The van der Waals surface area contributed by atoms with E-state index in [0.29, 0.717) is 11.8 Å². The van der Waals surface area contributed by atoms with Crippen LogP contribution in [0.15, 0.2) is 21.4 Å². The molecule has 0 amide bonds. The van der Waals surface area contributed by atoms with Crippen LogP contribution in [0.1, 0.15) is 31.6 Å². The molecule has 1 heterocycles. The van der Waals surface area contributed by atoms with Gasteiger partial charge in [0, 0.05) is 17.4 Å². The average Bonchev–Trinajstić information content (AvgIpc) is 2.67. The number of furan rings is 1. The zero-order valence-corrected chi connectivity index (χ0v) is 11.1. The summed E-state index contributed by atoms with van der Waals surface area (Å²) in [6, 6.07) is 2.59. The normalized spacial score (nSPS) is 13.1. The zero-order valence-electron chi connectivity index (χ0n) is 10.3. The third-order valence-electron chi connectivity index (χ3n) is 2.94. The van der Waals surface area contributed by atoms with Gasteiger partial charge in [-0.1, -0.05) is 13.8 Å². The lowest BCUT2D eigenvalue weighted by atomic mass is 10.1. The molecule has 2 rings (SSSR count). The number of halogens is 1. The fourth-order valence-corrected chi connectivity index (χ4v) is 2.57. The predicted octanol–water partition coefficient (Wildman–Crippen LogP) is 3.67.